The molecule has 3 atom stereocenters. The van der Waals surface area contributed by atoms with E-state index in [0.717, 1.165) is 18.5 Å². The lowest BCUT2D eigenvalue weighted by molar-refractivity contribution is 0.0169. The number of nitrogens with zero attached hydrogens (tertiary/aromatic N) is 1. The molecule has 1 aliphatic carbocycles. The summed E-state index contributed by atoms with van der Waals surface area (Å²) in [4.78, 5) is 2.77. The third kappa shape index (κ3) is 3.32. The average Bonchev–Trinajstić information content (AvgIpc) is 3.11. The minimum Gasteiger partial charge on any atom is -0.372 e. The molecule has 2 saturated heterocycles. The lowest BCUT2D eigenvalue weighted by Crippen LogP contribution is -2.40. The fourth-order valence-electron chi connectivity index (χ4n) is 4.51. The first-order valence-corrected chi connectivity index (χ1v) is 8.41. The van der Waals surface area contributed by atoms with E-state index in [9.17, 15) is 0 Å². The standard InChI is InChI=1S/C16H30N2O/c1-17-11-14-8-9-15(19-14)12-18-10-4-7-16(18)13-5-2-3-6-13/h13-17H,2-12H2,1H3. The van der Waals surface area contributed by atoms with Gasteiger partial charge >= 0.3 is 0 Å². The second-order valence-corrected chi connectivity index (χ2v) is 6.76. The molecule has 110 valence electrons. The Morgan fingerprint density at radius 3 is 2.58 bits per heavy atom. The van der Waals surface area contributed by atoms with Crippen LogP contribution in [-0.2, 0) is 4.74 Å². The Balaban J connectivity index is 1.48. The molecule has 3 heteroatoms. The van der Waals surface area contributed by atoms with E-state index < -0.39 is 0 Å². The molecule has 2 heterocycles. The lowest BCUT2D eigenvalue weighted by Gasteiger charge is -2.31. The summed E-state index contributed by atoms with van der Waals surface area (Å²) >= 11 is 0. The Hall–Kier alpha value is -0.120. The van der Waals surface area contributed by atoms with Crippen molar-refractivity contribution in [1.82, 2.24) is 10.2 Å². The number of hydrogen-bond acceptors (Lipinski definition) is 3. The van der Waals surface area contributed by atoms with Crippen molar-refractivity contribution in [2.24, 2.45) is 5.92 Å². The van der Waals surface area contributed by atoms with Crippen molar-refractivity contribution in [1.29, 1.82) is 0 Å². The zero-order valence-corrected chi connectivity index (χ0v) is 12.4. The lowest BCUT2D eigenvalue weighted by atomic mass is 9.96. The van der Waals surface area contributed by atoms with Gasteiger partial charge in [0.15, 0.2) is 0 Å². The Bertz CT molecular complexity index is 278. The number of ether oxygens (including phenoxy) is 1. The van der Waals surface area contributed by atoms with Crippen molar-refractivity contribution in [2.45, 2.75) is 69.6 Å². The van der Waals surface area contributed by atoms with E-state index in [0.29, 0.717) is 12.2 Å². The quantitative estimate of drug-likeness (QED) is 0.827. The van der Waals surface area contributed by atoms with Gasteiger partial charge in [0, 0.05) is 19.1 Å². The van der Waals surface area contributed by atoms with Crippen molar-refractivity contribution in [3.63, 3.8) is 0 Å². The first kappa shape index (κ1) is 13.8. The van der Waals surface area contributed by atoms with Crippen LogP contribution >= 0.6 is 0 Å². The predicted octanol–water partition coefficient (Wildman–Crippen LogP) is 2.41. The summed E-state index contributed by atoms with van der Waals surface area (Å²) in [5, 5.41) is 3.24. The number of rotatable bonds is 5. The molecule has 1 N–H and O–H groups in total. The summed E-state index contributed by atoms with van der Waals surface area (Å²) in [7, 11) is 2.02. The fourth-order valence-corrected chi connectivity index (χ4v) is 4.51. The first-order valence-electron chi connectivity index (χ1n) is 8.41. The Labute approximate surface area is 118 Å². The van der Waals surface area contributed by atoms with E-state index in [4.69, 9.17) is 4.74 Å². The molecule has 2 aliphatic heterocycles. The van der Waals surface area contributed by atoms with Crippen LogP contribution in [0.5, 0.6) is 0 Å². The maximum atomic E-state index is 6.17. The molecule has 1 saturated carbocycles. The molecule has 3 unspecified atom stereocenters. The maximum Gasteiger partial charge on any atom is 0.0707 e. The highest BCUT2D eigenvalue weighted by Crippen LogP contribution is 2.36. The largest absolute Gasteiger partial charge is 0.372 e. The zero-order chi connectivity index (χ0) is 13.1. The number of nitrogens with one attached hydrogen (secondary N) is 1. The third-order valence-electron chi connectivity index (χ3n) is 5.42. The van der Waals surface area contributed by atoms with Gasteiger partial charge in [0.25, 0.3) is 0 Å². The number of hydrogen-bond donors (Lipinski definition) is 1. The summed E-state index contributed by atoms with van der Waals surface area (Å²) in [6.45, 7) is 3.53. The van der Waals surface area contributed by atoms with Gasteiger partial charge in [-0.2, -0.15) is 0 Å². The fraction of sp³-hybridized carbons (Fsp3) is 1.00. The monoisotopic (exact) mass is 266 g/mol. The molecule has 3 nitrogen and oxygen atoms in total. The Morgan fingerprint density at radius 2 is 1.79 bits per heavy atom. The van der Waals surface area contributed by atoms with E-state index >= 15 is 0 Å². The van der Waals surface area contributed by atoms with Gasteiger partial charge in [-0.05, 0) is 58.0 Å². The first-order chi connectivity index (χ1) is 9.36. The third-order valence-corrected chi connectivity index (χ3v) is 5.42. The van der Waals surface area contributed by atoms with Crippen molar-refractivity contribution < 1.29 is 4.74 Å². The summed E-state index contributed by atoms with van der Waals surface area (Å²) in [6, 6.07) is 0.884. The molecule has 0 aromatic rings. The van der Waals surface area contributed by atoms with Gasteiger partial charge in [-0.25, -0.2) is 0 Å². The van der Waals surface area contributed by atoms with Crippen molar-refractivity contribution >= 4 is 0 Å². The minimum atomic E-state index is 0.461. The van der Waals surface area contributed by atoms with Crippen molar-refractivity contribution in [2.75, 3.05) is 26.7 Å². The van der Waals surface area contributed by atoms with Crippen LogP contribution in [0.2, 0.25) is 0 Å². The Kier molecular flexibility index (Phi) is 4.78. The van der Waals surface area contributed by atoms with Crippen LogP contribution in [0.1, 0.15) is 51.4 Å². The van der Waals surface area contributed by atoms with Gasteiger partial charge in [-0.3, -0.25) is 4.90 Å². The van der Waals surface area contributed by atoms with Crippen LogP contribution in [0, 0.1) is 5.92 Å². The van der Waals surface area contributed by atoms with Gasteiger partial charge in [0.2, 0.25) is 0 Å². The van der Waals surface area contributed by atoms with Gasteiger partial charge in [0.1, 0.15) is 0 Å². The maximum absolute atomic E-state index is 6.17. The SMILES string of the molecule is CNCC1CCC(CN2CCCC2C2CCCC2)O1. The summed E-state index contributed by atoms with van der Waals surface area (Å²) in [6.07, 6.45) is 12.2. The van der Waals surface area contributed by atoms with Crippen LogP contribution in [0.25, 0.3) is 0 Å². The van der Waals surface area contributed by atoms with Crippen LogP contribution in [0.3, 0.4) is 0 Å². The number of likely N-dealkylation sites (tertiary alicyclic amines) is 1. The second kappa shape index (κ2) is 6.55. The van der Waals surface area contributed by atoms with Crippen LogP contribution in [0.4, 0.5) is 0 Å². The molecular formula is C16H30N2O. The molecule has 19 heavy (non-hydrogen) atoms. The molecule has 0 amide bonds. The van der Waals surface area contributed by atoms with Gasteiger partial charge in [0.05, 0.1) is 12.2 Å². The smallest absolute Gasteiger partial charge is 0.0707 e. The minimum absolute atomic E-state index is 0.461. The van der Waals surface area contributed by atoms with Crippen LogP contribution < -0.4 is 5.32 Å². The van der Waals surface area contributed by atoms with E-state index in [1.807, 2.05) is 7.05 Å². The highest BCUT2D eigenvalue weighted by molar-refractivity contribution is 4.89. The molecule has 0 radical (unpaired) electrons. The van der Waals surface area contributed by atoms with Gasteiger partial charge < -0.3 is 10.1 Å². The topological polar surface area (TPSA) is 24.5 Å². The van der Waals surface area contributed by atoms with Gasteiger partial charge in [-0.15, -0.1) is 0 Å². The molecule has 0 aromatic heterocycles. The Morgan fingerprint density at radius 1 is 1.00 bits per heavy atom. The van der Waals surface area contributed by atoms with E-state index in [1.54, 1.807) is 0 Å². The number of likely N-dealkylation sites (N-methyl/N-ethyl adjacent to an activating group) is 1. The normalized spacial score (nSPS) is 37.4. The second-order valence-electron chi connectivity index (χ2n) is 6.76. The van der Waals surface area contributed by atoms with Gasteiger partial charge in [-0.1, -0.05) is 12.8 Å². The molecule has 0 spiro atoms. The molecule has 0 bridgehead atoms. The highest BCUT2D eigenvalue weighted by atomic mass is 16.5. The molecule has 0 aromatic carbocycles. The average molecular weight is 266 g/mol. The molecular weight excluding hydrogens is 236 g/mol. The van der Waals surface area contributed by atoms with Crippen molar-refractivity contribution in [3.8, 4) is 0 Å². The molecule has 3 fully saturated rings. The highest BCUT2D eigenvalue weighted by Gasteiger charge is 2.35. The van der Waals surface area contributed by atoms with E-state index in [1.165, 1.54) is 64.5 Å². The molecule has 3 aliphatic rings. The summed E-state index contributed by atoms with van der Waals surface area (Å²) in [5.74, 6) is 0.997. The summed E-state index contributed by atoms with van der Waals surface area (Å²) < 4.78 is 6.17. The molecule has 3 rings (SSSR count). The van der Waals surface area contributed by atoms with E-state index in [-0.39, 0.29) is 0 Å². The predicted molar refractivity (Wildman–Crippen MR) is 78.4 cm³/mol. The van der Waals surface area contributed by atoms with Crippen molar-refractivity contribution in [3.05, 3.63) is 0 Å². The zero-order valence-electron chi connectivity index (χ0n) is 12.4. The van der Waals surface area contributed by atoms with Crippen LogP contribution in [-0.4, -0.2) is 49.8 Å². The van der Waals surface area contributed by atoms with E-state index in [2.05, 4.69) is 10.2 Å². The van der Waals surface area contributed by atoms with Crippen LogP contribution in [0.15, 0.2) is 0 Å². The summed E-state index contributed by atoms with van der Waals surface area (Å²) in [5.41, 5.74) is 0.